The Bertz CT molecular complexity index is 2840. The SMILES string of the molecule is c1ccc(C2=NC(c3c(-c4ccc(-c5ccccc5)cc4)ccc4oc5ccccc5c34)N=C(c3ccc(-c4ccc(-c5ccccc5)cc4)cc3)N2)cc1. The van der Waals surface area contributed by atoms with E-state index in [1.165, 1.54) is 22.3 Å². The third-order valence-electron chi connectivity index (χ3n) is 10.4. The fourth-order valence-electron chi connectivity index (χ4n) is 7.61. The highest BCUT2D eigenvalue weighted by Gasteiger charge is 2.27. The number of amidine groups is 2. The molecule has 4 heteroatoms. The molecule has 1 N–H and O–H groups in total. The fraction of sp³-hybridized carbons (Fsp3) is 0.0196. The first-order valence-electron chi connectivity index (χ1n) is 18.6. The van der Waals surface area contributed by atoms with Crippen LogP contribution in [0.4, 0.5) is 0 Å². The van der Waals surface area contributed by atoms with Crippen LogP contribution in [0, 0.1) is 0 Å². The summed E-state index contributed by atoms with van der Waals surface area (Å²) >= 11 is 0. The molecule has 2 heterocycles. The van der Waals surface area contributed by atoms with Crippen molar-refractivity contribution < 1.29 is 4.42 Å². The second-order valence-corrected chi connectivity index (χ2v) is 13.8. The van der Waals surface area contributed by atoms with Crippen molar-refractivity contribution in [1.29, 1.82) is 0 Å². The molecule has 1 unspecified atom stereocenters. The molecule has 0 saturated heterocycles. The first-order chi connectivity index (χ1) is 27.2. The van der Waals surface area contributed by atoms with Crippen molar-refractivity contribution in [3.8, 4) is 44.5 Å². The summed E-state index contributed by atoms with van der Waals surface area (Å²) in [4.78, 5) is 10.8. The highest BCUT2D eigenvalue weighted by atomic mass is 16.3. The maximum Gasteiger partial charge on any atom is 0.171 e. The van der Waals surface area contributed by atoms with Gasteiger partial charge in [0.25, 0.3) is 0 Å². The minimum Gasteiger partial charge on any atom is -0.456 e. The fourth-order valence-corrected chi connectivity index (χ4v) is 7.61. The van der Waals surface area contributed by atoms with E-state index in [2.05, 4.69) is 163 Å². The third-order valence-corrected chi connectivity index (χ3v) is 10.4. The summed E-state index contributed by atoms with van der Waals surface area (Å²) in [5.41, 5.74) is 13.9. The van der Waals surface area contributed by atoms with Crippen molar-refractivity contribution >= 4 is 33.6 Å². The number of para-hydroxylation sites is 1. The van der Waals surface area contributed by atoms with E-state index in [4.69, 9.17) is 14.4 Å². The van der Waals surface area contributed by atoms with Gasteiger partial charge in [-0.3, -0.25) is 0 Å². The molecular formula is C51H35N3O. The molecule has 8 aromatic carbocycles. The number of benzene rings is 8. The van der Waals surface area contributed by atoms with Crippen LogP contribution in [0.15, 0.2) is 215 Å². The molecule has 55 heavy (non-hydrogen) atoms. The highest BCUT2D eigenvalue weighted by Crippen LogP contribution is 2.43. The van der Waals surface area contributed by atoms with Gasteiger partial charge in [0.15, 0.2) is 6.17 Å². The van der Waals surface area contributed by atoms with Crippen LogP contribution in [0.5, 0.6) is 0 Å². The average molecular weight is 706 g/mol. The van der Waals surface area contributed by atoms with Gasteiger partial charge in [0.1, 0.15) is 22.8 Å². The molecule has 0 saturated carbocycles. The van der Waals surface area contributed by atoms with E-state index < -0.39 is 6.17 Å². The first kappa shape index (κ1) is 32.4. The third kappa shape index (κ3) is 6.20. The Morgan fingerprint density at radius 1 is 0.345 bits per heavy atom. The lowest BCUT2D eigenvalue weighted by Gasteiger charge is -2.24. The Kier molecular flexibility index (Phi) is 8.19. The highest BCUT2D eigenvalue weighted by molar-refractivity contribution is 6.17. The van der Waals surface area contributed by atoms with Crippen molar-refractivity contribution in [3.05, 3.63) is 217 Å². The van der Waals surface area contributed by atoms with E-state index in [1.54, 1.807) is 0 Å². The van der Waals surface area contributed by atoms with Gasteiger partial charge < -0.3 is 9.73 Å². The van der Waals surface area contributed by atoms with Gasteiger partial charge in [0, 0.05) is 27.5 Å². The maximum absolute atomic E-state index is 6.45. The second kappa shape index (κ2) is 13.9. The van der Waals surface area contributed by atoms with Crippen LogP contribution in [0.3, 0.4) is 0 Å². The van der Waals surface area contributed by atoms with Crippen LogP contribution in [0.1, 0.15) is 22.9 Å². The Labute approximate surface area is 319 Å². The van der Waals surface area contributed by atoms with Gasteiger partial charge in [-0.25, -0.2) is 9.98 Å². The van der Waals surface area contributed by atoms with E-state index in [0.717, 1.165) is 72.6 Å². The van der Waals surface area contributed by atoms with Gasteiger partial charge >= 0.3 is 0 Å². The molecule has 9 aromatic rings. The van der Waals surface area contributed by atoms with E-state index in [-0.39, 0.29) is 0 Å². The quantitative estimate of drug-likeness (QED) is 0.179. The smallest absolute Gasteiger partial charge is 0.171 e. The van der Waals surface area contributed by atoms with E-state index in [9.17, 15) is 0 Å². The predicted molar refractivity (Wildman–Crippen MR) is 227 cm³/mol. The lowest BCUT2D eigenvalue weighted by molar-refractivity contribution is 0.667. The van der Waals surface area contributed by atoms with Gasteiger partial charge in [-0.05, 0) is 56.6 Å². The summed E-state index contributed by atoms with van der Waals surface area (Å²) in [7, 11) is 0. The first-order valence-corrected chi connectivity index (χ1v) is 18.6. The van der Waals surface area contributed by atoms with Gasteiger partial charge in [0.05, 0.1) is 0 Å². The van der Waals surface area contributed by atoms with Crippen LogP contribution >= 0.6 is 0 Å². The largest absolute Gasteiger partial charge is 0.456 e. The van der Waals surface area contributed by atoms with Crippen LogP contribution in [0.2, 0.25) is 0 Å². The lowest BCUT2D eigenvalue weighted by Crippen LogP contribution is -2.36. The molecule has 0 radical (unpaired) electrons. The molecule has 1 aliphatic rings. The van der Waals surface area contributed by atoms with Crippen molar-refractivity contribution in [3.63, 3.8) is 0 Å². The zero-order valence-electron chi connectivity index (χ0n) is 29.9. The Hall–Kier alpha value is -7.30. The number of furan rings is 1. The molecule has 260 valence electrons. The molecule has 0 bridgehead atoms. The zero-order chi connectivity index (χ0) is 36.6. The van der Waals surface area contributed by atoms with E-state index in [0.29, 0.717) is 0 Å². The maximum atomic E-state index is 6.45. The minimum absolute atomic E-state index is 0.551. The molecule has 0 fully saturated rings. The van der Waals surface area contributed by atoms with Crippen LogP contribution in [-0.2, 0) is 0 Å². The summed E-state index contributed by atoms with van der Waals surface area (Å²) in [5, 5.41) is 5.69. The van der Waals surface area contributed by atoms with Gasteiger partial charge in [0.2, 0.25) is 0 Å². The summed E-state index contributed by atoms with van der Waals surface area (Å²) < 4.78 is 6.45. The van der Waals surface area contributed by atoms with E-state index >= 15 is 0 Å². The van der Waals surface area contributed by atoms with Crippen LogP contribution in [0.25, 0.3) is 66.4 Å². The van der Waals surface area contributed by atoms with Crippen molar-refractivity contribution in [2.24, 2.45) is 9.98 Å². The minimum atomic E-state index is -0.551. The molecule has 0 aliphatic carbocycles. The van der Waals surface area contributed by atoms with Crippen molar-refractivity contribution in [2.45, 2.75) is 6.17 Å². The second-order valence-electron chi connectivity index (χ2n) is 13.8. The molecule has 10 rings (SSSR count). The lowest BCUT2D eigenvalue weighted by atomic mass is 9.92. The zero-order valence-corrected chi connectivity index (χ0v) is 29.9. The van der Waals surface area contributed by atoms with Gasteiger partial charge in [-0.1, -0.05) is 188 Å². The number of rotatable bonds is 7. The number of aliphatic imine (C=N–C) groups is 2. The summed E-state index contributed by atoms with van der Waals surface area (Å²) in [6.45, 7) is 0. The number of hydrogen-bond acceptors (Lipinski definition) is 4. The number of fused-ring (bicyclic) bond motifs is 3. The summed E-state index contributed by atoms with van der Waals surface area (Å²) in [5.74, 6) is 1.53. The molecule has 1 atom stereocenters. The predicted octanol–water partition coefficient (Wildman–Crippen LogP) is 12.7. The molecule has 0 amide bonds. The van der Waals surface area contributed by atoms with Gasteiger partial charge in [-0.2, -0.15) is 0 Å². The Morgan fingerprint density at radius 3 is 1.27 bits per heavy atom. The van der Waals surface area contributed by atoms with Crippen LogP contribution < -0.4 is 5.32 Å². The van der Waals surface area contributed by atoms with Crippen molar-refractivity contribution in [2.75, 3.05) is 0 Å². The number of hydrogen-bond donors (Lipinski definition) is 1. The molecule has 0 spiro atoms. The van der Waals surface area contributed by atoms with Gasteiger partial charge in [-0.15, -0.1) is 0 Å². The van der Waals surface area contributed by atoms with Crippen molar-refractivity contribution in [1.82, 2.24) is 5.32 Å². The molecule has 1 aromatic heterocycles. The van der Waals surface area contributed by atoms with Crippen LogP contribution in [-0.4, -0.2) is 11.7 Å². The Morgan fingerprint density at radius 2 is 0.745 bits per heavy atom. The monoisotopic (exact) mass is 705 g/mol. The molecule has 1 aliphatic heterocycles. The number of nitrogens with one attached hydrogen (secondary N) is 1. The Balaban J connectivity index is 1.09. The summed E-state index contributed by atoms with van der Waals surface area (Å²) in [6.07, 6.45) is -0.551. The van der Waals surface area contributed by atoms with E-state index in [1.807, 2.05) is 42.5 Å². The normalized spacial score (nSPS) is 14.0. The average Bonchev–Trinajstić information content (AvgIpc) is 3.66. The number of nitrogens with zero attached hydrogens (tertiary/aromatic N) is 2. The molecule has 4 nitrogen and oxygen atoms in total. The topological polar surface area (TPSA) is 49.9 Å². The standard InChI is InChI=1S/C51H35N3O/c1-4-12-34(13-5-1)36-20-22-38(23-21-36)39-26-30-42(31-27-39)50-52-49(41-16-8-3-9-17-41)53-51(54-50)48-43(32-33-46-47(48)44-18-10-11-19-45(44)55-46)40-28-24-37(25-29-40)35-14-6-2-7-15-35/h1-33,51H,(H,52,53,54). The molecular weight excluding hydrogens is 671 g/mol. The summed E-state index contributed by atoms with van der Waals surface area (Å²) in [6, 6.07) is 69.9.